The van der Waals surface area contributed by atoms with E-state index in [4.69, 9.17) is 34.5 Å². The summed E-state index contributed by atoms with van der Waals surface area (Å²) < 4.78 is 5.86. The molecule has 1 aliphatic heterocycles. The van der Waals surface area contributed by atoms with Gasteiger partial charge in [-0.1, -0.05) is 65.7 Å². The fraction of sp³-hybridized carbons (Fsp3) is 0.222. The van der Waals surface area contributed by atoms with Crippen molar-refractivity contribution >= 4 is 46.5 Å². The Balaban J connectivity index is 1.40. The van der Waals surface area contributed by atoms with E-state index >= 15 is 0 Å². The minimum absolute atomic E-state index is 0.193. The quantitative estimate of drug-likeness (QED) is 0.192. The van der Waals surface area contributed by atoms with Gasteiger partial charge in [-0.15, -0.1) is 0 Å². The third-order valence-electron chi connectivity index (χ3n) is 5.96. The number of hydrogen-bond donors (Lipinski definition) is 0. The van der Waals surface area contributed by atoms with E-state index < -0.39 is 11.6 Å². The summed E-state index contributed by atoms with van der Waals surface area (Å²) in [6, 6.07) is 19.7. The lowest BCUT2D eigenvalue weighted by atomic mass is 10.0. The van der Waals surface area contributed by atoms with Crippen LogP contribution in [0, 0.1) is 6.57 Å². The Morgan fingerprint density at radius 1 is 0.943 bits per heavy atom. The number of rotatable bonds is 7. The van der Waals surface area contributed by atoms with Crippen LogP contribution in [0.25, 0.3) is 16.0 Å². The number of halogens is 2. The zero-order valence-electron chi connectivity index (χ0n) is 19.3. The number of benzene rings is 3. The van der Waals surface area contributed by atoms with Gasteiger partial charge in [0.05, 0.1) is 23.9 Å². The predicted octanol–water partition coefficient (Wildman–Crippen LogP) is 7.23. The second-order valence-corrected chi connectivity index (χ2v) is 9.41. The molecule has 0 radical (unpaired) electrons. The predicted molar refractivity (Wildman–Crippen MR) is 138 cm³/mol. The third kappa shape index (κ3) is 4.84. The summed E-state index contributed by atoms with van der Waals surface area (Å²) >= 11 is 12.5. The summed E-state index contributed by atoms with van der Waals surface area (Å²) in [5.74, 6) is 0.209. The lowest BCUT2D eigenvalue weighted by Crippen LogP contribution is -2.44. The first kappa shape index (κ1) is 24.6. The highest BCUT2D eigenvalue weighted by Gasteiger charge is 2.51. The second kappa shape index (κ2) is 9.99. The molecule has 1 saturated heterocycles. The molecule has 0 bridgehead atoms. The van der Waals surface area contributed by atoms with Crippen molar-refractivity contribution in [3.63, 3.8) is 0 Å². The van der Waals surface area contributed by atoms with E-state index in [0.29, 0.717) is 36.0 Å². The molecule has 35 heavy (non-hydrogen) atoms. The van der Waals surface area contributed by atoms with Gasteiger partial charge >= 0.3 is 6.03 Å². The summed E-state index contributed by atoms with van der Waals surface area (Å²) in [5, 5.41) is 0.697. The number of urea groups is 1. The van der Waals surface area contributed by atoms with Gasteiger partial charge in [0.15, 0.2) is 0 Å². The molecule has 0 saturated carbocycles. The minimum atomic E-state index is -1.03. The molecule has 6 nitrogen and oxygen atoms in total. The number of carbonyl (C=O) groups excluding carboxylic acids is 2. The highest BCUT2D eigenvalue weighted by Crippen LogP contribution is 2.36. The van der Waals surface area contributed by atoms with Crippen LogP contribution in [0.2, 0.25) is 10.0 Å². The summed E-state index contributed by atoms with van der Waals surface area (Å²) in [7, 11) is 0. The van der Waals surface area contributed by atoms with Gasteiger partial charge in [0.25, 0.3) is 5.91 Å². The second-order valence-electron chi connectivity index (χ2n) is 8.59. The number of amides is 3. The smallest absolute Gasteiger partial charge is 0.332 e. The number of ether oxygens (including phenoxy) is 1. The molecule has 0 aromatic heterocycles. The number of anilines is 1. The molecule has 4 rings (SSSR count). The summed E-state index contributed by atoms with van der Waals surface area (Å²) in [6.07, 6.45) is 0.504. The van der Waals surface area contributed by atoms with Crippen LogP contribution in [0.1, 0.15) is 20.3 Å². The van der Waals surface area contributed by atoms with Crippen molar-refractivity contribution in [2.24, 2.45) is 0 Å². The fourth-order valence-corrected chi connectivity index (χ4v) is 4.45. The average molecular weight is 508 g/mol. The topological polar surface area (TPSA) is 54.2 Å². The van der Waals surface area contributed by atoms with E-state index in [1.807, 2.05) is 48.5 Å². The average Bonchev–Trinajstić information content (AvgIpc) is 3.01. The van der Waals surface area contributed by atoms with E-state index in [2.05, 4.69) is 4.85 Å². The Kier molecular flexibility index (Phi) is 7.02. The number of nitrogens with zero attached hydrogens (tertiary/aromatic N) is 3. The zero-order chi connectivity index (χ0) is 25.2. The Morgan fingerprint density at radius 3 is 2.34 bits per heavy atom. The number of hydrogen-bond acceptors (Lipinski definition) is 3. The lowest BCUT2D eigenvalue weighted by Gasteiger charge is -2.27. The van der Waals surface area contributed by atoms with Crippen LogP contribution in [0.3, 0.4) is 0 Å². The van der Waals surface area contributed by atoms with Crippen LogP contribution < -0.4 is 9.64 Å². The van der Waals surface area contributed by atoms with Crippen LogP contribution in [0.15, 0.2) is 66.7 Å². The van der Waals surface area contributed by atoms with Crippen LogP contribution in [-0.4, -0.2) is 35.5 Å². The Labute approximate surface area is 214 Å². The lowest BCUT2D eigenvalue weighted by molar-refractivity contribution is -0.123. The van der Waals surface area contributed by atoms with E-state index in [9.17, 15) is 9.59 Å². The molecule has 0 aliphatic carbocycles. The SMILES string of the molecule is [C-]#[N+]c1ccc(N2C(=O)N(CCCOc3ccc(-c4ccccc4)cc3Cl)C(C)(C)C2=O)cc1Cl. The Hall–Kier alpha value is -3.53. The molecular formula is C27H23Cl2N3O3. The summed E-state index contributed by atoms with van der Waals surface area (Å²) in [6.45, 7) is 11.2. The molecule has 3 aromatic carbocycles. The van der Waals surface area contributed by atoms with Crippen LogP contribution in [0.4, 0.5) is 16.2 Å². The Morgan fingerprint density at radius 2 is 1.69 bits per heavy atom. The zero-order valence-corrected chi connectivity index (χ0v) is 20.8. The van der Waals surface area contributed by atoms with E-state index in [1.54, 1.807) is 19.9 Å². The van der Waals surface area contributed by atoms with Gasteiger partial charge in [-0.05, 0) is 55.7 Å². The third-order valence-corrected chi connectivity index (χ3v) is 6.55. The summed E-state index contributed by atoms with van der Waals surface area (Å²) in [4.78, 5) is 32.2. The fourth-order valence-electron chi connectivity index (χ4n) is 4.00. The van der Waals surface area contributed by atoms with E-state index in [-0.39, 0.29) is 16.6 Å². The molecule has 178 valence electrons. The van der Waals surface area contributed by atoms with Gasteiger partial charge in [-0.25, -0.2) is 14.5 Å². The van der Waals surface area contributed by atoms with E-state index in [1.165, 1.54) is 17.0 Å². The standard InChI is InChI=1S/C27H23Cl2N3O3/c1-27(2)25(33)32(20-11-12-23(30-3)21(28)17-20)26(34)31(27)14-7-15-35-24-13-10-19(16-22(24)29)18-8-5-4-6-9-18/h4-6,8-13,16-17H,7,14-15H2,1-2H3. The molecule has 3 amide bonds. The molecule has 8 heteroatoms. The monoisotopic (exact) mass is 507 g/mol. The van der Waals surface area contributed by atoms with E-state index in [0.717, 1.165) is 16.0 Å². The Bertz CT molecular complexity index is 1320. The normalized spacial score (nSPS) is 14.8. The van der Waals surface area contributed by atoms with Gasteiger partial charge in [-0.2, -0.15) is 0 Å². The van der Waals surface area contributed by atoms with Crippen molar-refractivity contribution < 1.29 is 14.3 Å². The van der Waals surface area contributed by atoms with Crippen molar-refractivity contribution in [2.75, 3.05) is 18.1 Å². The van der Waals surface area contributed by atoms with Crippen LogP contribution >= 0.6 is 23.2 Å². The van der Waals surface area contributed by atoms with Crippen molar-refractivity contribution in [3.05, 3.63) is 88.2 Å². The highest BCUT2D eigenvalue weighted by molar-refractivity contribution is 6.34. The maximum Gasteiger partial charge on any atom is 0.332 e. The molecular weight excluding hydrogens is 485 g/mol. The maximum atomic E-state index is 13.2. The molecule has 3 aromatic rings. The largest absolute Gasteiger partial charge is 0.492 e. The van der Waals surface area contributed by atoms with Gasteiger partial charge in [0.1, 0.15) is 11.3 Å². The van der Waals surface area contributed by atoms with Crippen molar-refractivity contribution in [2.45, 2.75) is 25.8 Å². The molecule has 0 spiro atoms. The molecule has 1 heterocycles. The van der Waals surface area contributed by atoms with Crippen LogP contribution in [-0.2, 0) is 4.79 Å². The molecule has 1 fully saturated rings. The summed E-state index contributed by atoms with van der Waals surface area (Å²) in [5.41, 5.74) is 1.63. The van der Waals surface area contributed by atoms with Crippen molar-refractivity contribution in [3.8, 4) is 16.9 Å². The first-order valence-electron chi connectivity index (χ1n) is 11.0. The maximum absolute atomic E-state index is 13.2. The van der Waals surface area contributed by atoms with Gasteiger partial charge in [0.2, 0.25) is 5.69 Å². The van der Waals surface area contributed by atoms with Crippen molar-refractivity contribution in [1.29, 1.82) is 0 Å². The highest BCUT2D eigenvalue weighted by atomic mass is 35.5. The number of imide groups is 1. The van der Waals surface area contributed by atoms with Crippen LogP contribution in [0.5, 0.6) is 5.75 Å². The first-order chi connectivity index (χ1) is 16.7. The molecule has 0 unspecified atom stereocenters. The van der Waals surface area contributed by atoms with Crippen molar-refractivity contribution in [1.82, 2.24) is 4.90 Å². The molecule has 0 atom stereocenters. The number of carbonyl (C=O) groups is 2. The molecule has 0 N–H and O–H groups in total. The first-order valence-corrected chi connectivity index (χ1v) is 11.8. The molecule has 1 aliphatic rings. The van der Waals surface area contributed by atoms with Gasteiger partial charge in [0, 0.05) is 11.6 Å². The van der Waals surface area contributed by atoms with Gasteiger partial charge in [-0.3, -0.25) is 4.79 Å². The minimum Gasteiger partial charge on any atom is -0.492 e. The van der Waals surface area contributed by atoms with Gasteiger partial charge < -0.3 is 9.64 Å².